The monoisotopic (exact) mass is 279 g/mol. The number of ether oxygens (including phenoxy) is 2. The van der Waals surface area contributed by atoms with Crippen LogP contribution >= 0.6 is 0 Å². The van der Waals surface area contributed by atoms with Gasteiger partial charge in [0.1, 0.15) is 6.33 Å². The molecular formula is C10H13N7O3. The summed E-state index contributed by atoms with van der Waals surface area (Å²) in [5, 5.41) is 6.86. The first kappa shape index (κ1) is 13.6. The van der Waals surface area contributed by atoms with Gasteiger partial charge in [-0.3, -0.25) is 0 Å². The second-order valence-corrected chi connectivity index (χ2v) is 3.48. The summed E-state index contributed by atoms with van der Waals surface area (Å²) in [6, 6.07) is 0.126. The van der Waals surface area contributed by atoms with Gasteiger partial charge in [-0.05, 0) is 6.92 Å². The fourth-order valence-corrected chi connectivity index (χ4v) is 1.32. The van der Waals surface area contributed by atoms with Crippen LogP contribution in [0.15, 0.2) is 6.33 Å². The van der Waals surface area contributed by atoms with Crippen molar-refractivity contribution in [3.63, 3.8) is 0 Å². The van der Waals surface area contributed by atoms with E-state index in [2.05, 4.69) is 35.1 Å². The maximum absolute atomic E-state index is 11.3. The summed E-state index contributed by atoms with van der Waals surface area (Å²) in [5.41, 5.74) is 0. The summed E-state index contributed by atoms with van der Waals surface area (Å²) < 4.78 is 10.7. The molecule has 0 radical (unpaired) electrons. The minimum Gasteiger partial charge on any atom is -0.467 e. The smallest absolute Gasteiger partial charge is 0.377 e. The van der Waals surface area contributed by atoms with Crippen LogP contribution in [0.2, 0.25) is 0 Å². The van der Waals surface area contributed by atoms with Crippen LogP contribution in [0.4, 0.5) is 5.95 Å². The largest absolute Gasteiger partial charge is 0.467 e. The molecule has 0 saturated carbocycles. The zero-order valence-electron chi connectivity index (χ0n) is 11.2. The molecule has 0 aromatic carbocycles. The Kier molecular flexibility index (Phi) is 4.03. The highest BCUT2D eigenvalue weighted by molar-refractivity contribution is 5.84. The second-order valence-electron chi connectivity index (χ2n) is 3.48. The number of methoxy groups -OCH3 is 2. The van der Waals surface area contributed by atoms with Crippen LogP contribution in [0.3, 0.4) is 0 Å². The molecule has 0 fully saturated rings. The molecule has 2 aromatic heterocycles. The van der Waals surface area contributed by atoms with E-state index in [1.807, 2.05) is 6.92 Å². The maximum atomic E-state index is 11.3. The van der Waals surface area contributed by atoms with Gasteiger partial charge in [0.2, 0.25) is 5.95 Å². The van der Waals surface area contributed by atoms with Gasteiger partial charge in [-0.1, -0.05) is 0 Å². The standard InChI is InChI=1S/C10H13N7O3/c1-4-11-8-13-9(15-10(14-8)20-3)17-5-12-6(16-17)7(18)19-2/h5H,4H2,1-3H3,(H,11,13,14,15). The van der Waals surface area contributed by atoms with Crippen LogP contribution in [0, 0.1) is 0 Å². The Morgan fingerprint density at radius 3 is 2.80 bits per heavy atom. The van der Waals surface area contributed by atoms with Crippen molar-refractivity contribution in [2.24, 2.45) is 0 Å². The van der Waals surface area contributed by atoms with Crippen LogP contribution in [-0.4, -0.2) is 56.5 Å². The van der Waals surface area contributed by atoms with Crippen molar-refractivity contribution in [1.29, 1.82) is 0 Å². The van der Waals surface area contributed by atoms with E-state index in [9.17, 15) is 4.79 Å². The summed E-state index contributed by atoms with van der Waals surface area (Å²) in [4.78, 5) is 27.3. The molecule has 10 heteroatoms. The molecule has 2 aromatic rings. The SMILES string of the molecule is CCNc1nc(OC)nc(-n2cnc(C(=O)OC)n2)n1. The molecule has 0 atom stereocenters. The molecule has 0 aliphatic carbocycles. The summed E-state index contributed by atoms with van der Waals surface area (Å²) in [5.74, 6) is -0.214. The van der Waals surface area contributed by atoms with E-state index in [-0.39, 0.29) is 17.8 Å². The van der Waals surface area contributed by atoms with Crippen molar-refractivity contribution in [1.82, 2.24) is 29.7 Å². The maximum Gasteiger partial charge on any atom is 0.377 e. The molecule has 0 saturated heterocycles. The van der Waals surface area contributed by atoms with E-state index in [4.69, 9.17) is 4.74 Å². The Morgan fingerprint density at radius 1 is 1.35 bits per heavy atom. The molecular weight excluding hydrogens is 266 g/mol. The van der Waals surface area contributed by atoms with Crippen LogP contribution < -0.4 is 10.1 Å². The first-order chi connectivity index (χ1) is 9.67. The number of anilines is 1. The summed E-state index contributed by atoms with van der Waals surface area (Å²) in [6.07, 6.45) is 1.30. The zero-order valence-corrected chi connectivity index (χ0v) is 11.2. The topological polar surface area (TPSA) is 117 Å². The van der Waals surface area contributed by atoms with E-state index >= 15 is 0 Å². The second kappa shape index (κ2) is 5.91. The number of nitrogens with one attached hydrogen (secondary N) is 1. The van der Waals surface area contributed by atoms with Crippen molar-refractivity contribution >= 4 is 11.9 Å². The van der Waals surface area contributed by atoms with Gasteiger partial charge < -0.3 is 14.8 Å². The van der Waals surface area contributed by atoms with Gasteiger partial charge in [0.05, 0.1) is 14.2 Å². The predicted molar refractivity (Wildman–Crippen MR) is 66.8 cm³/mol. The van der Waals surface area contributed by atoms with E-state index in [0.717, 1.165) is 0 Å². The Labute approximate surface area is 114 Å². The quantitative estimate of drug-likeness (QED) is 0.734. The molecule has 2 heterocycles. The van der Waals surface area contributed by atoms with Crippen LogP contribution in [0.25, 0.3) is 5.95 Å². The molecule has 10 nitrogen and oxygen atoms in total. The molecule has 2 rings (SSSR count). The molecule has 1 N–H and O–H groups in total. The van der Waals surface area contributed by atoms with Gasteiger partial charge in [0.25, 0.3) is 11.8 Å². The number of hydrogen-bond acceptors (Lipinski definition) is 9. The minimum atomic E-state index is -0.642. The molecule has 106 valence electrons. The first-order valence-electron chi connectivity index (χ1n) is 5.72. The number of carbonyl (C=O) groups is 1. The van der Waals surface area contributed by atoms with Crippen molar-refractivity contribution in [3.05, 3.63) is 12.2 Å². The Balaban J connectivity index is 2.38. The normalized spacial score (nSPS) is 10.2. The van der Waals surface area contributed by atoms with Crippen molar-refractivity contribution < 1.29 is 14.3 Å². The lowest BCUT2D eigenvalue weighted by atomic mass is 10.6. The highest BCUT2D eigenvalue weighted by Crippen LogP contribution is 2.10. The molecule has 20 heavy (non-hydrogen) atoms. The zero-order chi connectivity index (χ0) is 14.5. The lowest BCUT2D eigenvalue weighted by molar-refractivity contribution is 0.0587. The van der Waals surface area contributed by atoms with Gasteiger partial charge in [-0.25, -0.2) is 9.78 Å². The fraction of sp³-hybridized carbons (Fsp3) is 0.400. The van der Waals surface area contributed by atoms with Gasteiger partial charge in [0, 0.05) is 6.54 Å². The number of nitrogens with zero attached hydrogens (tertiary/aromatic N) is 6. The number of esters is 1. The summed E-state index contributed by atoms with van der Waals surface area (Å²) in [7, 11) is 2.69. The van der Waals surface area contributed by atoms with E-state index in [1.54, 1.807) is 0 Å². The Morgan fingerprint density at radius 2 is 2.15 bits per heavy atom. The average molecular weight is 279 g/mol. The number of aromatic nitrogens is 6. The average Bonchev–Trinajstić information content (AvgIpc) is 2.96. The van der Waals surface area contributed by atoms with Crippen LogP contribution in [0.5, 0.6) is 6.01 Å². The van der Waals surface area contributed by atoms with E-state index in [1.165, 1.54) is 25.2 Å². The summed E-state index contributed by atoms with van der Waals surface area (Å²) in [6.45, 7) is 2.54. The van der Waals surface area contributed by atoms with Gasteiger partial charge in [-0.2, -0.15) is 19.6 Å². The molecule has 0 amide bonds. The lowest BCUT2D eigenvalue weighted by Gasteiger charge is -2.05. The molecule has 0 spiro atoms. The van der Waals surface area contributed by atoms with Gasteiger partial charge in [-0.15, -0.1) is 5.10 Å². The molecule has 0 bridgehead atoms. The van der Waals surface area contributed by atoms with Crippen LogP contribution in [0.1, 0.15) is 17.5 Å². The number of rotatable bonds is 5. The van der Waals surface area contributed by atoms with E-state index < -0.39 is 5.97 Å². The van der Waals surface area contributed by atoms with Gasteiger partial charge in [0.15, 0.2) is 0 Å². The lowest BCUT2D eigenvalue weighted by Crippen LogP contribution is -2.11. The molecule has 0 aliphatic heterocycles. The predicted octanol–water partition coefficient (Wildman–Crippen LogP) is -0.321. The van der Waals surface area contributed by atoms with Gasteiger partial charge >= 0.3 is 12.0 Å². The highest BCUT2D eigenvalue weighted by atomic mass is 16.5. The summed E-state index contributed by atoms with van der Waals surface area (Å²) >= 11 is 0. The third kappa shape index (κ3) is 2.79. The van der Waals surface area contributed by atoms with Crippen molar-refractivity contribution in [2.75, 3.05) is 26.1 Å². The van der Waals surface area contributed by atoms with Crippen LogP contribution in [-0.2, 0) is 4.74 Å². The van der Waals surface area contributed by atoms with Crippen molar-refractivity contribution in [2.45, 2.75) is 6.92 Å². The van der Waals surface area contributed by atoms with E-state index in [0.29, 0.717) is 12.5 Å². The highest BCUT2D eigenvalue weighted by Gasteiger charge is 2.15. The fourth-order valence-electron chi connectivity index (χ4n) is 1.32. The molecule has 0 unspecified atom stereocenters. The van der Waals surface area contributed by atoms with Crippen molar-refractivity contribution in [3.8, 4) is 12.0 Å². The Hall–Kier alpha value is -2.78. The third-order valence-corrected chi connectivity index (χ3v) is 2.19. The minimum absolute atomic E-state index is 0.0862. The number of hydrogen-bond donors (Lipinski definition) is 1. The first-order valence-corrected chi connectivity index (χ1v) is 5.72. The Bertz CT molecular complexity index is 613. The third-order valence-electron chi connectivity index (χ3n) is 2.19. The number of carbonyl (C=O) groups excluding carboxylic acids is 1. The molecule has 0 aliphatic rings.